The van der Waals surface area contributed by atoms with E-state index in [0.717, 1.165) is 11.1 Å². The van der Waals surface area contributed by atoms with Crippen molar-refractivity contribution >= 4 is 11.5 Å². The molecular formula is C25H22O4. The molecule has 1 heterocycles. The highest BCUT2D eigenvalue weighted by Crippen LogP contribution is 2.22. The van der Waals surface area contributed by atoms with Crippen LogP contribution in [-0.2, 0) is 16.1 Å². The van der Waals surface area contributed by atoms with Gasteiger partial charge in [-0.05, 0) is 36.8 Å². The molecule has 0 unspecified atom stereocenters. The summed E-state index contributed by atoms with van der Waals surface area (Å²) in [5.41, 5.74) is 3.03. The topological polar surface area (TPSA) is 48.7 Å². The highest BCUT2D eigenvalue weighted by molar-refractivity contribution is 5.92. The first-order valence-electron chi connectivity index (χ1n) is 9.25. The molecule has 0 saturated heterocycles. The van der Waals surface area contributed by atoms with E-state index in [1.165, 1.54) is 7.11 Å². The van der Waals surface area contributed by atoms with E-state index >= 15 is 0 Å². The number of carbonyl (C=O) groups is 1. The summed E-state index contributed by atoms with van der Waals surface area (Å²) >= 11 is 0. The molecule has 0 fully saturated rings. The number of hydrogen-bond donors (Lipinski definition) is 0. The number of rotatable bonds is 6. The summed E-state index contributed by atoms with van der Waals surface area (Å²) < 4.78 is 16.3. The molecule has 0 N–H and O–H groups in total. The minimum atomic E-state index is -0.437. The van der Waals surface area contributed by atoms with Gasteiger partial charge in [0.1, 0.15) is 17.1 Å². The van der Waals surface area contributed by atoms with Crippen molar-refractivity contribution in [1.82, 2.24) is 0 Å². The molecule has 3 rings (SSSR count). The van der Waals surface area contributed by atoms with E-state index in [9.17, 15) is 4.79 Å². The maximum Gasteiger partial charge on any atom is 0.341 e. The highest BCUT2D eigenvalue weighted by Gasteiger charge is 2.16. The smallest absolute Gasteiger partial charge is 0.341 e. The van der Waals surface area contributed by atoms with Crippen molar-refractivity contribution in [2.45, 2.75) is 13.5 Å². The lowest BCUT2D eigenvalue weighted by Gasteiger charge is -2.02. The van der Waals surface area contributed by atoms with Crippen LogP contribution in [0.1, 0.15) is 33.0 Å². The van der Waals surface area contributed by atoms with Crippen LogP contribution in [0.25, 0.3) is 5.57 Å². The molecule has 1 aromatic heterocycles. The lowest BCUT2D eigenvalue weighted by Crippen LogP contribution is -2.00. The predicted molar refractivity (Wildman–Crippen MR) is 112 cm³/mol. The van der Waals surface area contributed by atoms with E-state index in [-0.39, 0.29) is 0 Å². The van der Waals surface area contributed by atoms with Crippen LogP contribution in [0.5, 0.6) is 0 Å². The molecule has 0 atom stereocenters. The van der Waals surface area contributed by atoms with E-state index in [1.807, 2.05) is 66.7 Å². The molecule has 4 nitrogen and oxygen atoms in total. The average molecular weight is 386 g/mol. The first kappa shape index (κ1) is 20.2. The van der Waals surface area contributed by atoms with Crippen LogP contribution in [0, 0.1) is 18.8 Å². The second-order valence-electron chi connectivity index (χ2n) is 6.31. The highest BCUT2D eigenvalue weighted by atomic mass is 16.5. The molecule has 146 valence electrons. The largest absolute Gasteiger partial charge is 0.465 e. The second kappa shape index (κ2) is 10.1. The molecular weight excluding hydrogens is 364 g/mol. The van der Waals surface area contributed by atoms with E-state index < -0.39 is 5.97 Å². The summed E-state index contributed by atoms with van der Waals surface area (Å²) in [6.45, 7) is 2.59. The van der Waals surface area contributed by atoms with Crippen molar-refractivity contribution in [3.8, 4) is 11.8 Å². The Balaban J connectivity index is 1.82. The van der Waals surface area contributed by atoms with Gasteiger partial charge in [0.25, 0.3) is 0 Å². The zero-order valence-corrected chi connectivity index (χ0v) is 16.5. The second-order valence-corrected chi connectivity index (χ2v) is 6.31. The van der Waals surface area contributed by atoms with Crippen molar-refractivity contribution < 1.29 is 18.7 Å². The van der Waals surface area contributed by atoms with Crippen molar-refractivity contribution in [3.63, 3.8) is 0 Å². The summed E-state index contributed by atoms with van der Waals surface area (Å²) in [6.07, 6.45) is 1.86. The van der Waals surface area contributed by atoms with E-state index in [0.29, 0.717) is 35.9 Å². The van der Waals surface area contributed by atoms with Crippen LogP contribution >= 0.6 is 0 Å². The Morgan fingerprint density at radius 3 is 2.45 bits per heavy atom. The number of carbonyl (C=O) groups excluding carboxylic acids is 1. The number of methoxy groups -OCH3 is 1. The summed E-state index contributed by atoms with van der Waals surface area (Å²) in [6, 6.07) is 21.3. The number of hydrogen-bond acceptors (Lipinski definition) is 4. The Morgan fingerprint density at radius 1 is 1.07 bits per heavy atom. The van der Waals surface area contributed by atoms with Gasteiger partial charge in [-0.2, -0.15) is 0 Å². The van der Waals surface area contributed by atoms with Crippen molar-refractivity contribution in [2.75, 3.05) is 13.7 Å². The molecule has 2 aromatic carbocycles. The van der Waals surface area contributed by atoms with Gasteiger partial charge in [0.15, 0.2) is 0 Å². The van der Waals surface area contributed by atoms with Crippen LogP contribution in [-0.4, -0.2) is 19.7 Å². The Bertz CT molecular complexity index is 1030. The van der Waals surface area contributed by atoms with Crippen LogP contribution in [0.15, 0.2) is 77.2 Å². The Kier molecular flexibility index (Phi) is 7.05. The molecule has 0 bridgehead atoms. The van der Waals surface area contributed by atoms with Crippen LogP contribution < -0.4 is 0 Å². The molecule has 3 aromatic rings. The fraction of sp³-hybridized carbons (Fsp3) is 0.160. The van der Waals surface area contributed by atoms with Gasteiger partial charge in [0.05, 0.1) is 25.9 Å². The van der Waals surface area contributed by atoms with Gasteiger partial charge in [-0.1, -0.05) is 60.4 Å². The molecule has 0 aliphatic rings. The zero-order chi connectivity index (χ0) is 20.5. The van der Waals surface area contributed by atoms with E-state index in [1.54, 1.807) is 13.0 Å². The number of allylic oxidation sites excluding steroid dienone is 1. The zero-order valence-electron chi connectivity index (χ0n) is 16.5. The van der Waals surface area contributed by atoms with Crippen LogP contribution in [0.4, 0.5) is 0 Å². The number of esters is 1. The third-order valence-corrected chi connectivity index (χ3v) is 4.22. The minimum absolute atomic E-state index is 0.362. The third kappa shape index (κ3) is 5.71. The molecule has 0 saturated carbocycles. The fourth-order valence-corrected chi connectivity index (χ4v) is 2.69. The Hall–Kier alpha value is -3.55. The number of benzene rings is 2. The number of aryl methyl sites for hydroxylation is 1. The standard InChI is InChI=1S/C25H22O4/c1-19-23(25(26)27-2)17-24(29-19)22(14-13-20-9-5-3-6-10-20)15-16-28-18-21-11-7-4-8-12-21/h3-12,15,17H,16,18H2,1-2H3/b22-15+. The van der Waals surface area contributed by atoms with Gasteiger partial charge >= 0.3 is 5.97 Å². The van der Waals surface area contributed by atoms with Gasteiger partial charge in [-0.3, -0.25) is 0 Å². The average Bonchev–Trinajstić information content (AvgIpc) is 3.15. The molecule has 0 aliphatic carbocycles. The maximum absolute atomic E-state index is 11.9. The summed E-state index contributed by atoms with van der Waals surface area (Å²) in [4.78, 5) is 11.9. The predicted octanol–water partition coefficient (Wildman–Crippen LogP) is 5.03. The molecule has 0 spiro atoms. The summed E-state index contributed by atoms with van der Waals surface area (Å²) in [5, 5.41) is 0. The normalized spacial score (nSPS) is 10.9. The summed E-state index contributed by atoms with van der Waals surface area (Å²) in [7, 11) is 1.35. The number of furan rings is 1. The SMILES string of the molecule is COC(=O)c1cc(/C(C#Cc2ccccc2)=C/COCc2ccccc2)oc1C. The molecule has 29 heavy (non-hydrogen) atoms. The first-order chi connectivity index (χ1) is 14.2. The Morgan fingerprint density at radius 2 is 1.76 bits per heavy atom. The van der Waals surface area contributed by atoms with Gasteiger partial charge < -0.3 is 13.9 Å². The Labute approximate surface area is 170 Å². The third-order valence-electron chi connectivity index (χ3n) is 4.22. The van der Waals surface area contributed by atoms with Gasteiger partial charge in [0.2, 0.25) is 0 Å². The molecule has 0 amide bonds. The van der Waals surface area contributed by atoms with Gasteiger partial charge in [-0.15, -0.1) is 0 Å². The lowest BCUT2D eigenvalue weighted by molar-refractivity contribution is 0.0599. The van der Waals surface area contributed by atoms with Crippen LogP contribution in [0.2, 0.25) is 0 Å². The fourth-order valence-electron chi connectivity index (χ4n) is 2.69. The van der Waals surface area contributed by atoms with Gasteiger partial charge in [-0.25, -0.2) is 4.79 Å². The molecule has 0 aliphatic heterocycles. The van der Waals surface area contributed by atoms with Crippen molar-refractivity contribution in [3.05, 3.63) is 101 Å². The minimum Gasteiger partial charge on any atom is -0.465 e. The molecule has 0 radical (unpaired) electrons. The number of ether oxygens (including phenoxy) is 2. The lowest BCUT2D eigenvalue weighted by atomic mass is 10.1. The van der Waals surface area contributed by atoms with E-state index in [4.69, 9.17) is 13.9 Å². The maximum atomic E-state index is 11.9. The van der Waals surface area contributed by atoms with Crippen molar-refractivity contribution in [2.24, 2.45) is 0 Å². The monoisotopic (exact) mass is 386 g/mol. The van der Waals surface area contributed by atoms with Crippen molar-refractivity contribution in [1.29, 1.82) is 0 Å². The quantitative estimate of drug-likeness (QED) is 0.339. The first-order valence-corrected chi connectivity index (χ1v) is 9.25. The van der Waals surface area contributed by atoms with Gasteiger partial charge in [0, 0.05) is 5.56 Å². The van der Waals surface area contributed by atoms with E-state index in [2.05, 4.69) is 11.8 Å². The summed E-state index contributed by atoms with van der Waals surface area (Å²) in [5.74, 6) is 6.82. The molecule has 4 heteroatoms. The van der Waals surface area contributed by atoms with Crippen LogP contribution in [0.3, 0.4) is 0 Å².